The van der Waals surface area contributed by atoms with Crippen LogP contribution in [0.5, 0.6) is 0 Å². The van der Waals surface area contributed by atoms with E-state index >= 15 is 0 Å². The Kier molecular flexibility index (Phi) is 2.87. The molecule has 0 spiro atoms. The molecule has 1 aliphatic carbocycles. The van der Waals surface area contributed by atoms with Crippen LogP contribution in [0.25, 0.3) is 0 Å². The number of aromatic nitrogens is 5. The van der Waals surface area contributed by atoms with Crippen LogP contribution in [0.1, 0.15) is 29.8 Å². The summed E-state index contributed by atoms with van der Waals surface area (Å²) in [4.78, 5) is 0. The monoisotopic (exact) mass is 247 g/mol. The second-order valence-electron chi connectivity index (χ2n) is 4.98. The summed E-state index contributed by atoms with van der Waals surface area (Å²) >= 11 is 0. The summed E-state index contributed by atoms with van der Waals surface area (Å²) in [5, 5.41) is 21.7. The van der Waals surface area contributed by atoms with E-state index in [0.717, 1.165) is 23.7 Å². The highest BCUT2D eigenvalue weighted by Crippen LogP contribution is 2.30. The maximum atomic E-state index is 9.23. The topological polar surface area (TPSA) is 68.8 Å². The normalized spacial score (nSPS) is 15.2. The third-order valence-corrected chi connectivity index (χ3v) is 3.24. The summed E-state index contributed by atoms with van der Waals surface area (Å²) in [5.74, 6) is 0.797. The van der Waals surface area contributed by atoms with E-state index in [1.165, 1.54) is 12.8 Å². The third kappa shape index (κ3) is 2.43. The van der Waals surface area contributed by atoms with Crippen molar-refractivity contribution in [3.8, 4) is 0 Å². The van der Waals surface area contributed by atoms with Crippen LogP contribution in [0, 0.1) is 5.92 Å². The number of rotatable bonds is 5. The maximum absolute atomic E-state index is 9.23. The van der Waals surface area contributed by atoms with Crippen molar-refractivity contribution < 1.29 is 5.11 Å². The third-order valence-electron chi connectivity index (χ3n) is 3.24. The first kappa shape index (κ1) is 11.4. The molecule has 0 unspecified atom stereocenters. The quantitative estimate of drug-likeness (QED) is 0.835. The fourth-order valence-corrected chi connectivity index (χ4v) is 2.13. The first-order valence-corrected chi connectivity index (χ1v) is 6.26. The summed E-state index contributed by atoms with van der Waals surface area (Å²) in [6.45, 7) is 0.944. The van der Waals surface area contributed by atoms with Crippen LogP contribution in [-0.4, -0.2) is 29.9 Å². The first-order valence-electron chi connectivity index (χ1n) is 6.26. The molecule has 0 saturated heterocycles. The van der Waals surface area contributed by atoms with Crippen molar-refractivity contribution >= 4 is 0 Å². The van der Waals surface area contributed by atoms with Crippen molar-refractivity contribution in [3.05, 3.63) is 29.3 Å². The van der Waals surface area contributed by atoms with Gasteiger partial charge in [0.15, 0.2) is 0 Å². The second kappa shape index (κ2) is 4.53. The van der Waals surface area contributed by atoms with Crippen molar-refractivity contribution in [2.75, 3.05) is 0 Å². The molecule has 2 aromatic heterocycles. The number of aryl methyl sites for hydroxylation is 1. The zero-order valence-corrected chi connectivity index (χ0v) is 10.5. The van der Waals surface area contributed by atoms with Crippen LogP contribution in [0.3, 0.4) is 0 Å². The predicted octanol–water partition coefficient (Wildman–Crippen LogP) is 0.505. The van der Waals surface area contributed by atoms with Gasteiger partial charge in [-0.2, -0.15) is 5.10 Å². The van der Waals surface area contributed by atoms with Crippen molar-refractivity contribution in [3.63, 3.8) is 0 Å². The van der Waals surface area contributed by atoms with E-state index in [4.69, 9.17) is 0 Å². The fourth-order valence-electron chi connectivity index (χ4n) is 2.13. The van der Waals surface area contributed by atoms with Gasteiger partial charge in [0.25, 0.3) is 0 Å². The Morgan fingerprint density at radius 2 is 2.22 bits per heavy atom. The molecule has 18 heavy (non-hydrogen) atoms. The Hall–Kier alpha value is -1.69. The molecule has 0 aromatic carbocycles. The Bertz CT molecular complexity index is 540. The molecule has 1 aliphatic rings. The summed E-state index contributed by atoms with van der Waals surface area (Å²) < 4.78 is 3.64. The van der Waals surface area contributed by atoms with Crippen LogP contribution >= 0.6 is 0 Å². The Morgan fingerprint density at radius 3 is 2.94 bits per heavy atom. The summed E-state index contributed by atoms with van der Waals surface area (Å²) in [7, 11) is 1.85. The molecule has 6 nitrogen and oxygen atoms in total. The molecule has 6 heteroatoms. The zero-order valence-electron chi connectivity index (χ0n) is 10.5. The Morgan fingerprint density at radius 1 is 1.39 bits per heavy atom. The molecule has 96 valence electrons. The van der Waals surface area contributed by atoms with Gasteiger partial charge >= 0.3 is 0 Å². The van der Waals surface area contributed by atoms with Gasteiger partial charge in [-0.1, -0.05) is 5.21 Å². The van der Waals surface area contributed by atoms with Crippen LogP contribution in [0.15, 0.2) is 12.4 Å². The molecule has 0 bridgehead atoms. The van der Waals surface area contributed by atoms with E-state index in [1.54, 1.807) is 4.68 Å². The lowest BCUT2D eigenvalue weighted by molar-refractivity contribution is 0.274. The lowest BCUT2D eigenvalue weighted by Gasteiger charge is -1.96. The number of hydrogen-bond donors (Lipinski definition) is 1. The SMILES string of the molecule is Cn1cc(Cc2cn(CC3CC3)nn2)c(CO)n1. The molecule has 0 amide bonds. The largest absolute Gasteiger partial charge is 0.390 e. The first-order chi connectivity index (χ1) is 8.74. The highest BCUT2D eigenvalue weighted by molar-refractivity contribution is 5.21. The standard InChI is InChI=1S/C12H17N5O/c1-16-6-10(12(8-18)14-16)4-11-7-17(15-13-11)5-9-2-3-9/h6-7,9,18H,2-5,8H2,1H3. The molecule has 2 aromatic rings. The van der Waals surface area contributed by atoms with Crippen molar-refractivity contribution in [2.45, 2.75) is 32.4 Å². The lowest BCUT2D eigenvalue weighted by Crippen LogP contribution is -1.99. The Labute approximate surface area is 105 Å². The second-order valence-corrected chi connectivity index (χ2v) is 4.98. The van der Waals surface area contributed by atoms with E-state index in [-0.39, 0.29) is 6.61 Å². The zero-order chi connectivity index (χ0) is 12.5. The van der Waals surface area contributed by atoms with Gasteiger partial charge in [-0.3, -0.25) is 9.36 Å². The van der Waals surface area contributed by atoms with Crippen molar-refractivity contribution in [2.24, 2.45) is 13.0 Å². The van der Waals surface area contributed by atoms with E-state index in [9.17, 15) is 5.11 Å². The van der Waals surface area contributed by atoms with E-state index in [0.29, 0.717) is 12.1 Å². The van der Waals surface area contributed by atoms with Crippen molar-refractivity contribution in [1.82, 2.24) is 24.8 Å². The van der Waals surface area contributed by atoms with E-state index in [2.05, 4.69) is 15.4 Å². The molecule has 2 heterocycles. The minimum Gasteiger partial charge on any atom is -0.390 e. The number of aliphatic hydroxyl groups excluding tert-OH is 1. The minimum absolute atomic E-state index is 0.0353. The summed E-state index contributed by atoms with van der Waals surface area (Å²) in [6, 6.07) is 0. The predicted molar refractivity (Wildman–Crippen MR) is 64.7 cm³/mol. The maximum Gasteiger partial charge on any atom is 0.0914 e. The number of nitrogens with zero attached hydrogens (tertiary/aromatic N) is 5. The number of hydrogen-bond acceptors (Lipinski definition) is 4. The van der Waals surface area contributed by atoms with Gasteiger partial charge in [-0.15, -0.1) is 5.10 Å². The average Bonchev–Trinajstić information content (AvgIpc) is 2.93. The fraction of sp³-hybridized carbons (Fsp3) is 0.583. The van der Waals surface area contributed by atoms with Gasteiger partial charge < -0.3 is 5.11 Å². The van der Waals surface area contributed by atoms with E-state index < -0.39 is 0 Å². The molecule has 0 radical (unpaired) electrons. The van der Waals surface area contributed by atoms with Gasteiger partial charge in [-0.05, 0) is 18.8 Å². The van der Waals surface area contributed by atoms with Gasteiger partial charge in [0.1, 0.15) is 0 Å². The number of aliphatic hydroxyl groups is 1. The minimum atomic E-state index is -0.0353. The van der Waals surface area contributed by atoms with Gasteiger partial charge in [-0.25, -0.2) is 0 Å². The van der Waals surface area contributed by atoms with Gasteiger partial charge in [0, 0.05) is 38.0 Å². The smallest absolute Gasteiger partial charge is 0.0914 e. The molecule has 1 N–H and O–H groups in total. The Balaban J connectivity index is 1.72. The highest BCUT2D eigenvalue weighted by atomic mass is 16.3. The summed E-state index contributed by atoms with van der Waals surface area (Å²) in [5.41, 5.74) is 2.66. The molecular weight excluding hydrogens is 230 g/mol. The molecule has 1 saturated carbocycles. The lowest BCUT2D eigenvalue weighted by atomic mass is 10.1. The average molecular weight is 247 g/mol. The molecule has 0 aliphatic heterocycles. The van der Waals surface area contributed by atoms with Gasteiger partial charge in [0.2, 0.25) is 0 Å². The van der Waals surface area contributed by atoms with Crippen LogP contribution < -0.4 is 0 Å². The van der Waals surface area contributed by atoms with Crippen LogP contribution in [0.4, 0.5) is 0 Å². The highest BCUT2D eigenvalue weighted by Gasteiger charge is 2.22. The summed E-state index contributed by atoms with van der Waals surface area (Å²) in [6.07, 6.45) is 7.21. The van der Waals surface area contributed by atoms with Crippen LogP contribution in [-0.2, 0) is 26.6 Å². The molecule has 3 rings (SSSR count). The molecule has 1 fully saturated rings. The molecular formula is C12H17N5O. The van der Waals surface area contributed by atoms with Crippen LogP contribution in [0.2, 0.25) is 0 Å². The van der Waals surface area contributed by atoms with Gasteiger partial charge in [0.05, 0.1) is 18.0 Å². The van der Waals surface area contributed by atoms with Crippen molar-refractivity contribution in [1.29, 1.82) is 0 Å². The van der Waals surface area contributed by atoms with E-state index in [1.807, 2.05) is 24.1 Å². The molecule has 0 atom stereocenters.